The second-order valence-electron chi connectivity index (χ2n) is 1.93. The molecule has 1 aliphatic rings. The van der Waals surface area contributed by atoms with Gasteiger partial charge in [0, 0.05) is 4.91 Å². The van der Waals surface area contributed by atoms with Gasteiger partial charge in [-0.25, -0.2) is 9.18 Å². The summed E-state index contributed by atoms with van der Waals surface area (Å²) in [6.07, 6.45) is -0.952. The van der Waals surface area contributed by atoms with Gasteiger partial charge in [-0.2, -0.15) is 0 Å². The molecule has 1 rings (SSSR count). The molecule has 0 unspecified atom stereocenters. The van der Waals surface area contributed by atoms with Gasteiger partial charge in [-0.05, 0) is 10.6 Å². The van der Waals surface area contributed by atoms with Crippen molar-refractivity contribution in [3.8, 4) is 0 Å². The summed E-state index contributed by atoms with van der Waals surface area (Å²) in [6.45, 7) is -1.17. The van der Waals surface area contributed by atoms with Crippen LogP contribution < -0.4 is 0 Å². The predicted molar refractivity (Wildman–Crippen MR) is 30.3 cm³/mol. The van der Waals surface area contributed by atoms with E-state index in [1.807, 2.05) is 0 Å². The minimum Gasteiger partial charge on any atom is -0.431 e. The monoisotopic (exact) mass is 161 g/mol. The molecule has 0 aliphatic carbocycles. The van der Waals surface area contributed by atoms with Crippen molar-refractivity contribution in [3.05, 3.63) is 10.4 Å². The number of hydrogen-bond donors (Lipinski definition) is 0. The highest BCUT2D eigenvalue weighted by atomic mass is 19.1. The maximum atomic E-state index is 12.9. The van der Waals surface area contributed by atoms with Crippen molar-refractivity contribution in [1.29, 1.82) is 0 Å². The zero-order valence-electron chi connectivity index (χ0n) is 5.36. The molecule has 0 bridgehead atoms. The number of hydrogen-bond acceptors (Lipinski definition) is 4. The van der Waals surface area contributed by atoms with Crippen LogP contribution in [0.15, 0.2) is 5.11 Å². The van der Waals surface area contributed by atoms with E-state index in [0.29, 0.717) is 0 Å². The number of azide groups is 1. The van der Waals surface area contributed by atoms with Crippen LogP contribution in [0.4, 0.5) is 9.18 Å². The molecular formula is C4H4FN3O3. The van der Waals surface area contributed by atoms with Gasteiger partial charge >= 0.3 is 6.16 Å². The smallest absolute Gasteiger partial charge is 0.431 e. The first-order chi connectivity index (χ1) is 5.16. The molecule has 1 saturated heterocycles. The SMILES string of the molecule is [N-]=[N+]=NC1(F)COC(=O)OC1. The van der Waals surface area contributed by atoms with E-state index < -0.39 is 25.2 Å². The number of carbonyl (C=O) groups excluding carboxylic acids is 1. The molecular weight excluding hydrogens is 157 g/mol. The molecule has 0 saturated carbocycles. The van der Waals surface area contributed by atoms with Gasteiger partial charge < -0.3 is 9.47 Å². The van der Waals surface area contributed by atoms with Crippen molar-refractivity contribution in [2.45, 2.75) is 5.79 Å². The van der Waals surface area contributed by atoms with Crippen LogP contribution in [0.3, 0.4) is 0 Å². The lowest BCUT2D eigenvalue weighted by atomic mass is 10.3. The average molecular weight is 161 g/mol. The van der Waals surface area contributed by atoms with Crippen molar-refractivity contribution in [2.24, 2.45) is 5.11 Å². The first-order valence-electron chi connectivity index (χ1n) is 2.71. The molecule has 1 aliphatic heterocycles. The molecule has 0 aromatic rings. The van der Waals surface area contributed by atoms with Gasteiger partial charge in [0.05, 0.1) is 0 Å². The Morgan fingerprint density at radius 1 is 1.64 bits per heavy atom. The van der Waals surface area contributed by atoms with Crippen molar-refractivity contribution in [3.63, 3.8) is 0 Å². The van der Waals surface area contributed by atoms with Gasteiger partial charge in [-0.15, -0.1) is 0 Å². The van der Waals surface area contributed by atoms with Crippen LogP contribution in [0.25, 0.3) is 10.4 Å². The van der Waals surface area contributed by atoms with Gasteiger partial charge in [0.25, 0.3) is 5.79 Å². The second kappa shape index (κ2) is 2.63. The lowest BCUT2D eigenvalue weighted by Gasteiger charge is -2.23. The Morgan fingerprint density at radius 2 is 2.18 bits per heavy atom. The molecule has 7 heteroatoms. The Kier molecular flexibility index (Phi) is 1.82. The van der Waals surface area contributed by atoms with Crippen LogP contribution in [-0.2, 0) is 9.47 Å². The topological polar surface area (TPSA) is 84.3 Å². The quantitative estimate of drug-likeness (QED) is 0.190. The van der Waals surface area contributed by atoms with Gasteiger partial charge in [-0.3, -0.25) is 0 Å². The van der Waals surface area contributed by atoms with Crippen molar-refractivity contribution >= 4 is 6.16 Å². The minimum atomic E-state index is -2.25. The Balaban J connectivity index is 2.61. The predicted octanol–water partition coefficient (Wildman–Crippen LogP) is 1.13. The van der Waals surface area contributed by atoms with Gasteiger partial charge in [-0.1, -0.05) is 0 Å². The van der Waals surface area contributed by atoms with Gasteiger partial charge in [0.15, 0.2) is 0 Å². The van der Waals surface area contributed by atoms with E-state index in [1.165, 1.54) is 0 Å². The van der Waals surface area contributed by atoms with Crippen LogP contribution in [0.1, 0.15) is 0 Å². The number of nitrogens with zero attached hydrogens (tertiary/aromatic N) is 3. The van der Waals surface area contributed by atoms with E-state index in [4.69, 9.17) is 5.53 Å². The van der Waals surface area contributed by atoms with E-state index in [2.05, 4.69) is 19.5 Å². The first kappa shape index (κ1) is 7.62. The third-order valence-corrected chi connectivity index (χ3v) is 1.05. The molecule has 0 radical (unpaired) electrons. The second-order valence-corrected chi connectivity index (χ2v) is 1.93. The fraction of sp³-hybridized carbons (Fsp3) is 0.750. The number of ether oxygens (including phenoxy) is 2. The van der Waals surface area contributed by atoms with Gasteiger partial charge in [0.2, 0.25) is 0 Å². The molecule has 0 aromatic carbocycles. The van der Waals surface area contributed by atoms with Crippen LogP contribution in [-0.4, -0.2) is 25.2 Å². The summed E-state index contributed by atoms with van der Waals surface area (Å²) in [6, 6.07) is 0. The van der Waals surface area contributed by atoms with E-state index in [-0.39, 0.29) is 0 Å². The molecule has 0 spiro atoms. The zero-order chi connectivity index (χ0) is 8.32. The highest BCUT2D eigenvalue weighted by Gasteiger charge is 2.36. The third kappa shape index (κ3) is 1.71. The molecule has 1 heterocycles. The van der Waals surface area contributed by atoms with E-state index >= 15 is 0 Å². The summed E-state index contributed by atoms with van der Waals surface area (Å²) in [4.78, 5) is 12.4. The Labute approximate surface area is 60.5 Å². The standard InChI is InChI=1S/C4H4FN3O3/c5-4(7-8-6)1-10-3(9)11-2-4/h1-2H2. The lowest BCUT2D eigenvalue weighted by molar-refractivity contribution is -0.0721. The molecule has 1 fully saturated rings. The van der Waals surface area contributed by atoms with Crippen LogP contribution in [0.5, 0.6) is 0 Å². The molecule has 0 N–H and O–H groups in total. The fourth-order valence-electron chi connectivity index (χ4n) is 0.560. The molecule has 0 amide bonds. The van der Waals surface area contributed by atoms with Crippen LogP contribution in [0.2, 0.25) is 0 Å². The highest BCUT2D eigenvalue weighted by Crippen LogP contribution is 2.19. The lowest BCUT2D eigenvalue weighted by Crippen LogP contribution is -2.39. The number of alkyl halides is 1. The van der Waals surface area contributed by atoms with Crippen LogP contribution >= 0.6 is 0 Å². The van der Waals surface area contributed by atoms with E-state index in [1.54, 1.807) is 0 Å². The number of carbonyl (C=O) groups is 1. The zero-order valence-corrected chi connectivity index (χ0v) is 5.36. The van der Waals surface area contributed by atoms with E-state index in [9.17, 15) is 9.18 Å². The number of cyclic esters (lactones) is 2. The summed E-state index contributed by atoms with van der Waals surface area (Å²) in [7, 11) is 0. The maximum Gasteiger partial charge on any atom is 0.508 e. The summed E-state index contributed by atoms with van der Waals surface area (Å²) < 4.78 is 21.2. The normalized spacial score (nSPS) is 21.0. The minimum absolute atomic E-state index is 0.587. The Morgan fingerprint density at radius 3 is 2.64 bits per heavy atom. The molecule has 11 heavy (non-hydrogen) atoms. The average Bonchev–Trinajstić information content (AvgIpc) is 1.97. The molecule has 0 atom stereocenters. The third-order valence-electron chi connectivity index (χ3n) is 1.05. The van der Waals surface area contributed by atoms with Crippen molar-refractivity contribution in [2.75, 3.05) is 13.2 Å². The Bertz CT molecular complexity index is 215. The van der Waals surface area contributed by atoms with Crippen LogP contribution in [0, 0.1) is 0 Å². The van der Waals surface area contributed by atoms with Crippen molar-refractivity contribution in [1.82, 2.24) is 0 Å². The summed E-state index contributed by atoms with van der Waals surface area (Å²) in [5, 5.41) is 2.76. The first-order valence-corrected chi connectivity index (χ1v) is 2.71. The molecule has 0 aromatic heterocycles. The van der Waals surface area contributed by atoms with Gasteiger partial charge in [0.1, 0.15) is 13.2 Å². The summed E-state index contributed by atoms with van der Waals surface area (Å²) >= 11 is 0. The highest BCUT2D eigenvalue weighted by molar-refractivity contribution is 5.60. The number of rotatable bonds is 1. The molecule has 60 valence electrons. The number of halogens is 1. The summed E-state index contributed by atoms with van der Waals surface area (Å²) in [5.74, 6) is -2.25. The molecule has 6 nitrogen and oxygen atoms in total. The van der Waals surface area contributed by atoms with Crippen molar-refractivity contribution < 1.29 is 18.7 Å². The maximum absolute atomic E-state index is 12.9. The summed E-state index contributed by atoms with van der Waals surface area (Å²) in [5.41, 5.74) is 7.87. The largest absolute Gasteiger partial charge is 0.508 e. The van der Waals surface area contributed by atoms with E-state index in [0.717, 1.165) is 0 Å². The Hall–Kier alpha value is -1.49. The fourth-order valence-corrected chi connectivity index (χ4v) is 0.560.